The molecular formula is C28H38Cl2N2O5. The third-order valence-corrected chi connectivity index (χ3v) is 5.67. The molecule has 0 aliphatic rings. The molecule has 0 fully saturated rings. The standard InChI is InChI=1S/C28H38Cl2N2O5/c1-5-35-26(33)25(31-15-13-21-9-6-11-23(29)19-21)36-18-8-16-32(27(34)37-28(2,3)4)17-14-22-10-7-12-24(30)20-22/h6-7,9-12,19-20,25,31H,5,8,13-18H2,1-4H3. The lowest BCUT2D eigenvalue weighted by Crippen LogP contribution is -2.42. The number of nitrogens with zero attached hydrogens (tertiary/aromatic N) is 1. The van der Waals surface area contributed by atoms with Crippen molar-refractivity contribution in [3.63, 3.8) is 0 Å². The lowest BCUT2D eigenvalue weighted by molar-refractivity contribution is -0.159. The number of halogens is 2. The number of rotatable bonds is 14. The van der Waals surface area contributed by atoms with Gasteiger partial charge in [-0.1, -0.05) is 47.5 Å². The van der Waals surface area contributed by atoms with E-state index in [4.69, 9.17) is 37.4 Å². The quantitative estimate of drug-likeness (QED) is 0.178. The number of ether oxygens (including phenoxy) is 3. The highest BCUT2D eigenvalue weighted by Gasteiger charge is 2.23. The molecule has 1 unspecified atom stereocenters. The van der Waals surface area contributed by atoms with Gasteiger partial charge in [-0.25, -0.2) is 9.59 Å². The molecule has 0 radical (unpaired) electrons. The lowest BCUT2D eigenvalue weighted by Gasteiger charge is -2.27. The molecule has 37 heavy (non-hydrogen) atoms. The molecule has 0 aliphatic heterocycles. The van der Waals surface area contributed by atoms with Gasteiger partial charge in [-0.2, -0.15) is 0 Å². The Balaban J connectivity index is 1.90. The first kappa shape index (κ1) is 30.9. The topological polar surface area (TPSA) is 77.1 Å². The van der Waals surface area contributed by atoms with Gasteiger partial charge in [-0.05, 0) is 82.3 Å². The van der Waals surface area contributed by atoms with E-state index >= 15 is 0 Å². The average Bonchev–Trinajstić information content (AvgIpc) is 2.81. The zero-order valence-electron chi connectivity index (χ0n) is 22.1. The van der Waals surface area contributed by atoms with Gasteiger partial charge in [-0.3, -0.25) is 5.32 Å². The lowest BCUT2D eigenvalue weighted by atomic mass is 10.1. The van der Waals surface area contributed by atoms with Crippen LogP contribution in [-0.4, -0.2) is 61.6 Å². The SMILES string of the molecule is CCOC(=O)C(NCCc1cccc(Cl)c1)OCCCN(CCc1cccc(Cl)c1)C(=O)OC(C)(C)C. The molecule has 9 heteroatoms. The Kier molecular flexibility index (Phi) is 13.2. The van der Waals surface area contributed by atoms with Crippen LogP contribution in [-0.2, 0) is 31.8 Å². The van der Waals surface area contributed by atoms with Crippen molar-refractivity contribution in [2.45, 2.75) is 58.8 Å². The van der Waals surface area contributed by atoms with Crippen LogP contribution in [0.2, 0.25) is 10.0 Å². The van der Waals surface area contributed by atoms with Crippen molar-refractivity contribution in [2.75, 3.05) is 32.8 Å². The van der Waals surface area contributed by atoms with Gasteiger partial charge in [0.05, 0.1) is 13.2 Å². The molecule has 1 atom stereocenters. The molecule has 1 N–H and O–H groups in total. The summed E-state index contributed by atoms with van der Waals surface area (Å²) in [5.74, 6) is -0.474. The number of hydrogen-bond donors (Lipinski definition) is 1. The fourth-order valence-electron chi connectivity index (χ4n) is 3.50. The summed E-state index contributed by atoms with van der Waals surface area (Å²) in [6, 6.07) is 15.1. The van der Waals surface area contributed by atoms with E-state index < -0.39 is 23.9 Å². The highest BCUT2D eigenvalue weighted by atomic mass is 35.5. The Labute approximate surface area is 230 Å². The molecule has 0 saturated heterocycles. The molecule has 2 aromatic rings. The number of amides is 1. The summed E-state index contributed by atoms with van der Waals surface area (Å²) in [4.78, 5) is 26.9. The van der Waals surface area contributed by atoms with E-state index in [1.807, 2.05) is 69.3 Å². The minimum Gasteiger partial charge on any atom is -0.463 e. The molecule has 2 aromatic carbocycles. The smallest absolute Gasteiger partial charge is 0.410 e. The Morgan fingerprint density at radius 1 is 0.973 bits per heavy atom. The summed E-state index contributed by atoms with van der Waals surface area (Å²) in [7, 11) is 0. The minimum atomic E-state index is -0.902. The molecule has 1 amide bonds. The predicted octanol–water partition coefficient (Wildman–Crippen LogP) is 5.90. The number of hydrogen-bond acceptors (Lipinski definition) is 6. The second-order valence-corrected chi connectivity index (χ2v) is 10.4. The van der Waals surface area contributed by atoms with Crippen LogP contribution in [0.3, 0.4) is 0 Å². The van der Waals surface area contributed by atoms with E-state index in [-0.39, 0.29) is 13.2 Å². The molecular weight excluding hydrogens is 515 g/mol. The normalized spacial score (nSPS) is 12.2. The molecule has 0 saturated carbocycles. The summed E-state index contributed by atoms with van der Waals surface area (Å²) in [6.45, 7) is 9.15. The zero-order chi connectivity index (χ0) is 27.3. The van der Waals surface area contributed by atoms with E-state index in [0.29, 0.717) is 48.9 Å². The number of benzene rings is 2. The van der Waals surface area contributed by atoms with Gasteiger partial charge < -0.3 is 19.1 Å². The predicted molar refractivity (Wildman–Crippen MR) is 147 cm³/mol. The highest BCUT2D eigenvalue weighted by Crippen LogP contribution is 2.14. The largest absolute Gasteiger partial charge is 0.463 e. The van der Waals surface area contributed by atoms with Gasteiger partial charge >= 0.3 is 12.1 Å². The number of nitrogens with one attached hydrogen (secondary N) is 1. The third kappa shape index (κ3) is 12.7. The van der Waals surface area contributed by atoms with E-state index in [0.717, 1.165) is 11.1 Å². The molecule has 0 aromatic heterocycles. The Bertz CT molecular complexity index is 997. The third-order valence-electron chi connectivity index (χ3n) is 5.20. The number of carbonyl (C=O) groups excluding carboxylic acids is 2. The van der Waals surface area contributed by atoms with Gasteiger partial charge in [0.2, 0.25) is 6.23 Å². The molecule has 0 aliphatic carbocycles. The van der Waals surface area contributed by atoms with Crippen LogP contribution in [0.4, 0.5) is 4.79 Å². The van der Waals surface area contributed by atoms with Gasteiger partial charge in [0.1, 0.15) is 5.60 Å². The van der Waals surface area contributed by atoms with Crippen LogP contribution < -0.4 is 5.32 Å². The highest BCUT2D eigenvalue weighted by molar-refractivity contribution is 6.30. The summed E-state index contributed by atoms with van der Waals surface area (Å²) in [5, 5.41) is 4.43. The molecule has 2 rings (SSSR count). The Morgan fingerprint density at radius 2 is 1.59 bits per heavy atom. The van der Waals surface area contributed by atoms with Crippen LogP contribution >= 0.6 is 23.2 Å². The second-order valence-electron chi connectivity index (χ2n) is 9.54. The van der Waals surface area contributed by atoms with Crippen molar-refractivity contribution in [1.82, 2.24) is 10.2 Å². The van der Waals surface area contributed by atoms with Crippen molar-refractivity contribution in [1.29, 1.82) is 0 Å². The van der Waals surface area contributed by atoms with Crippen LogP contribution in [0.5, 0.6) is 0 Å². The van der Waals surface area contributed by atoms with Gasteiger partial charge in [-0.15, -0.1) is 0 Å². The van der Waals surface area contributed by atoms with Crippen LogP contribution in [0, 0.1) is 0 Å². The van der Waals surface area contributed by atoms with Crippen LogP contribution in [0.15, 0.2) is 48.5 Å². The zero-order valence-corrected chi connectivity index (χ0v) is 23.6. The average molecular weight is 554 g/mol. The van der Waals surface area contributed by atoms with Gasteiger partial charge in [0, 0.05) is 29.7 Å². The van der Waals surface area contributed by atoms with Crippen molar-refractivity contribution < 1.29 is 23.8 Å². The molecule has 0 spiro atoms. The summed E-state index contributed by atoms with van der Waals surface area (Å²) in [5.41, 5.74) is 1.47. The Morgan fingerprint density at radius 3 is 2.16 bits per heavy atom. The van der Waals surface area contributed by atoms with Gasteiger partial charge in [0.15, 0.2) is 0 Å². The first-order valence-corrected chi connectivity index (χ1v) is 13.3. The van der Waals surface area contributed by atoms with Crippen molar-refractivity contribution >= 4 is 35.3 Å². The minimum absolute atomic E-state index is 0.254. The Hall–Kier alpha value is -2.32. The maximum Gasteiger partial charge on any atom is 0.410 e. The van der Waals surface area contributed by atoms with Crippen molar-refractivity contribution in [3.05, 3.63) is 69.7 Å². The molecule has 7 nitrogen and oxygen atoms in total. The van der Waals surface area contributed by atoms with E-state index in [1.54, 1.807) is 11.8 Å². The van der Waals surface area contributed by atoms with Crippen LogP contribution in [0.1, 0.15) is 45.2 Å². The second kappa shape index (κ2) is 15.8. The monoisotopic (exact) mass is 552 g/mol. The van der Waals surface area contributed by atoms with Crippen LogP contribution in [0.25, 0.3) is 0 Å². The van der Waals surface area contributed by atoms with E-state index in [2.05, 4.69) is 5.32 Å². The fraction of sp³-hybridized carbons (Fsp3) is 0.500. The first-order chi connectivity index (χ1) is 17.6. The summed E-state index contributed by atoms with van der Waals surface area (Å²) < 4.78 is 16.6. The first-order valence-electron chi connectivity index (χ1n) is 12.6. The van der Waals surface area contributed by atoms with E-state index in [9.17, 15) is 9.59 Å². The molecule has 0 heterocycles. The van der Waals surface area contributed by atoms with Crippen molar-refractivity contribution in [2.24, 2.45) is 0 Å². The van der Waals surface area contributed by atoms with Crippen molar-refractivity contribution in [3.8, 4) is 0 Å². The summed E-state index contributed by atoms with van der Waals surface area (Å²) in [6.07, 6.45) is 0.532. The van der Waals surface area contributed by atoms with E-state index in [1.165, 1.54) is 0 Å². The maximum atomic E-state index is 12.8. The molecule has 0 bridgehead atoms. The molecule has 204 valence electrons. The van der Waals surface area contributed by atoms with Gasteiger partial charge in [0.25, 0.3) is 0 Å². The number of esters is 1. The number of carbonyl (C=O) groups is 2. The maximum absolute atomic E-state index is 12.8. The fourth-order valence-corrected chi connectivity index (χ4v) is 3.93. The summed E-state index contributed by atoms with van der Waals surface area (Å²) >= 11 is 12.1.